The van der Waals surface area contributed by atoms with Gasteiger partial charge in [0, 0.05) is 29.5 Å². The number of nitrogens with zero attached hydrogens (tertiary/aromatic N) is 3. The van der Waals surface area contributed by atoms with Gasteiger partial charge in [-0.25, -0.2) is 4.98 Å². The molecule has 0 aliphatic heterocycles. The van der Waals surface area contributed by atoms with Crippen LogP contribution in [0.2, 0.25) is 0 Å². The lowest BCUT2D eigenvalue weighted by Crippen LogP contribution is -2.10. The molecular weight excluding hydrogens is 338 g/mol. The summed E-state index contributed by atoms with van der Waals surface area (Å²) in [7, 11) is 0. The van der Waals surface area contributed by atoms with Crippen molar-refractivity contribution in [2.75, 3.05) is 11.1 Å². The Morgan fingerprint density at radius 3 is 2.93 bits per heavy atom. The van der Waals surface area contributed by atoms with Gasteiger partial charge in [0.25, 0.3) is 0 Å². The minimum absolute atomic E-state index is 0.0507. The first-order valence-corrected chi connectivity index (χ1v) is 9.19. The molecule has 27 heavy (non-hydrogen) atoms. The first-order valence-electron chi connectivity index (χ1n) is 9.19. The number of aromatic amines is 2. The molecule has 1 saturated carbocycles. The van der Waals surface area contributed by atoms with E-state index in [1.807, 2.05) is 12.3 Å². The normalized spacial score (nSPS) is 15.1. The zero-order chi connectivity index (χ0) is 18.4. The Balaban J connectivity index is 1.36. The van der Waals surface area contributed by atoms with Gasteiger partial charge in [-0.2, -0.15) is 10.1 Å². The van der Waals surface area contributed by atoms with Crippen molar-refractivity contribution in [1.29, 1.82) is 0 Å². The largest absolute Gasteiger partial charge is 0.383 e. The van der Waals surface area contributed by atoms with E-state index in [0.29, 0.717) is 17.7 Å². The van der Waals surface area contributed by atoms with Crippen molar-refractivity contribution < 1.29 is 0 Å². The summed E-state index contributed by atoms with van der Waals surface area (Å²) >= 11 is 0. The van der Waals surface area contributed by atoms with E-state index in [4.69, 9.17) is 5.73 Å². The molecule has 4 aromatic rings. The number of nitrogen functional groups attached to an aromatic ring is 1. The lowest BCUT2D eigenvalue weighted by atomic mass is 10.1. The fourth-order valence-electron chi connectivity index (χ4n) is 3.35. The van der Waals surface area contributed by atoms with E-state index < -0.39 is 0 Å². The molecule has 0 saturated heterocycles. The number of fused-ring (bicyclic) bond motifs is 1. The van der Waals surface area contributed by atoms with Gasteiger partial charge in [0.05, 0.1) is 17.3 Å². The summed E-state index contributed by atoms with van der Waals surface area (Å²) in [5.74, 6) is 1.55. The number of anilines is 2. The second-order valence-electron chi connectivity index (χ2n) is 7.17. The van der Waals surface area contributed by atoms with Crippen LogP contribution in [0.5, 0.6) is 0 Å². The first kappa shape index (κ1) is 15.9. The van der Waals surface area contributed by atoms with Gasteiger partial charge in [-0.05, 0) is 48.9 Å². The van der Waals surface area contributed by atoms with Crippen LogP contribution in [0.15, 0.2) is 42.7 Å². The summed E-state index contributed by atoms with van der Waals surface area (Å²) in [5.41, 5.74) is 11.2. The Labute approximate surface area is 156 Å². The minimum Gasteiger partial charge on any atom is -0.383 e. The number of hydrogen-bond acceptors (Lipinski definition) is 5. The maximum Gasteiger partial charge on any atom is 0.225 e. The topological polar surface area (TPSA) is 108 Å². The summed E-state index contributed by atoms with van der Waals surface area (Å²) in [5, 5.41) is 12.0. The van der Waals surface area contributed by atoms with E-state index in [-0.39, 0.29) is 6.04 Å². The molecule has 5 N–H and O–H groups in total. The van der Waals surface area contributed by atoms with Crippen molar-refractivity contribution in [1.82, 2.24) is 25.1 Å². The van der Waals surface area contributed by atoms with Crippen LogP contribution < -0.4 is 11.1 Å². The zero-order valence-electron chi connectivity index (χ0n) is 15.0. The number of rotatable bonds is 5. The molecule has 0 bridgehead atoms. The van der Waals surface area contributed by atoms with Crippen LogP contribution in [0.4, 0.5) is 11.8 Å². The molecule has 0 amide bonds. The monoisotopic (exact) mass is 359 g/mol. The Bertz CT molecular complexity index is 1110. The fourth-order valence-corrected chi connectivity index (χ4v) is 3.35. The second-order valence-corrected chi connectivity index (χ2v) is 7.17. The van der Waals surface area contributed by atoms with Crippen molar-refractivity contribution in [3.8, 4) is 11.3 Å². The number of benzene rings is 1. The molecule has 0 unspecified atom stereocenters. The molecule has 3 heterocycles. The summed E-state index contributed by atoms with van der Waals surface area (Å²) in [6, 6.07) is 10.5. The molecule has 1 atom stereocenters. The minimum atomic E-state index is 0.0507. The molecule has 1 fully saturated rings. The van der Waals surface area contributed by atoms with E-state index in [2.05, 4.69) is 61.7 Å². The van der Waals surface area contributed by atoms with Crippen molar-refractivity contribution >= 4 is 22.7 Å². The van der Waals surface area contributed by atoms with Gasteiger partial charge >= 0.3 is 0 Å². The molecule has 1 aliphatic carbocycles. The molecule has 1 aliphatic rings. The number of H-pyrrole nitrogens is 2. The third kappa shape index (κ3) is 3.01. The maximum atomic E-state index is 6.18. The van der Waals surface area contributed by atoms with E-state index in [9.17, 15) is 0 Å². The molecule has 0 spiro atoms. The summed E-state index contributed by atoms with van der Waals surface area (Å²) in [6.07, 6.45) is 6.13. The smallest absolute Gasteiger partial charge is 0.225 e. The molecule has 3 aromatic heterocycles. The highest BCUT2D eigenvalue weighted by atomic mass is 15.1. The lowest BCUT2D eigenvalue weighted by Gasteiger charge is -2.15. The first-order chi connectivity index (χ1) is 13.2. The number of nitrogens with one attached hydrogen (secondary N) is 3. The average Bonchev–Trinajstić information content (AvgIpc) is 3.21. The molecule has 7 nitrogen and oxygen atoms in total. The van der Waals surface area contributed by atoms with Gasteiger partial charge in [0.2, 0.25) is 5.95 Å². The SMILES string of the molecule is C[C@H](Nc1ncc(-c2cc(C3CC3)[nH]n2)c(N)n1)c1ccc2cc[nH]c2c1. The molecule has 7 heteroatoms. The lowest BCUT2D eigenvalue weighted by molar-refractivity contribution is 0.863. The second kappa shape index (κ2) is 6.12. The third-order valence-electron chi connectivity index (χ3n) is 5.13. The van der Waals surface area contributed by atoms with Gasteiger partial charge < -0.3 is 16.0 Å². The van der Waals surface area contributed by atoms with Gasteiger partial charge in [0.1, 0.15) is 5.82 Å². The van der Waals surface area contributed by atoms with Crippen LogP contribution in [0, 0.1) is 0 Å². The average molecular weight is 359 g/mol. The highest BCUT2D eigenvalue weighted by Gasteiger charge is 2.26. The van der Waals surface area contributed by atoms with E-state index in [1.165, 1.54) is 23.9 Å². The van der Waals surface area contributed by atoms with Crippen molar-refractivity contribution in [2.45, 2.75) is 31.7 Å². The molecular formula is C20H21N7. The Kier molecular flexibility index (Phi) is 3.60. The predicted molar refractivity (Wildman–Crippen MR) is 106 cm³/mol. The quantitative estimate of drug-likeness (QED) is 0.431. The molecule has 1 aromatic carbocycles. The molecule has 0 radical (unpaired) electrons. The van der Waals surface area contributed by atoms with Gasteiger partial charge in [-0.3, -0.25) is 5.10 Å². The summed E-state index contributed by atoms with van der Waals surface area (Å²) in [6.45, 7) is 2.08. The third-order valence-corrected chi connectivity index (χ3v) is 5.13. The van der Waals surface area contributed by atoms with E-state index in [0.717, 1.165) is 22.3 Å². The Morgan fingerprint density at radius 1 is 1.22 bits per heavy atom. The van der Waals surface area contributed by atoms with Crippen molar-refractivity contribution in [3.05, 3.63) is 54.0 Å². The van der Waals surface area contributed by atoms with Gasteiger partial charge in [-0.15, -0.1) is 0 Å². The summed E-state index contributed by atoms with van der Waals surface area (Å²) in [4.78, 5) is 12.1. The predicted octanol–water partition coefficient (Wildman–Crippen LogP) is 3.98. The van der Waals surface area contributed by atoms with Crippen LogP contribution in [-0.2, 0) is 0 Å². The van der Waals surface area contributed by atoms with Crippen LogP contribution >= 0.6 is 0 Å². The standard InChI is InChI=1S/C20H21N7/c1-11(14-5-4-13-6-7-22-16(13)8-14)24-20-23-10-15(19(21)25-20)18-9-17(26-27-18)12-2-3-12/h4-12,22H,2-3H2,1H3,(H,26,27)(H3,21,23,24,25)/t11-/m0/s1. The Morgan fingerprint density at radius 2 is 2.11 bits per heavy atom. The highest BCUT2D eigenvalue weighted by molar-refractivity contribution is 5.80. The van der Waals surface area contributed by atoms with Crippen LogP contribution in [0.25, 0.3) is 22.2 Å². The van der Waals surface area contributed by atoms with E-state index in [1.54, 1.807) is 6.20 Å². The van der Waals surface area contributed by atoms with Crippen LogP contribution in [0.1, 0.15) is 43.0 Å². The van der Waals surface area contributed by atoms with E-state index >= 15 is 0 Å². The highest BCUT2D eigenvalue weighted by Crippen LogP contribution is 2.40. The van der Waals surface area contributed by atoms with Crippen molar-refractivity contribution in [2.24, 2.45) is 0 Å². The summed E-state index contributed by atoms with van der Waals surface area (Å²) < 4.78 is 0. The number of nitrogens with two attached hydrogens (primary N) is 1. The van der Waals surface area contributed by atoms with Gasteiger partial charge in [0.15, 0.2) is 0 Å². The van der Waals surface area contributed by atoms with Gasteiger partial charge in [-0.1, -0.05) is 12.1 Å². The maximum absolute atomic E-state index is 6.18. The zero-order valence-corrected chi connectivity index (χ0v) is 15.0. The van der Waals surface area contributed by atoms with Crippen LogP contribution in [0.3, 0.4) is 0 Å². The Hall–Kier alpha value is -3.35. The van der Waals surface area contributed by atoms with Crippen molar-refractivity contribution in [3.63, 3.8) is 0 Å². The number of aromatic nitrogens is 5. The number of hydrogen-bond donors (Lipinski definition) is 4. The van der Waals surface area contributed by atoms with Crippen LogP contribution in [-0.4, -0.2) is 25.1 Å². The molecule has 136 valence electrons. The fraction of sp³-hybridized carbons (Fsp3) is 0.250. The molecule has 5 rings (SSSR count).